The maximum atomic E-state index is 3.92. The number of allylic oxidation sites excluding steroid dienone is 3. The Morgan fingerprint density at radius 1 is 1.26 bits per heavy atom. The Balaban J connectivity index is 2.39. The molecule has 2 rings (SSSR count). The van der Waals surface area contributed by atoms with E-state index in [-0.39, 0.29) is 5.41 Å². The molecular weight excluding hydrogens is 230 g/mol. The lowest BCUT2D eigenvalue weighted by atomic mass is 9.90. The summed E-state index contributed by atoms with van der Waals surface area (Å²) in [7, 11) is 0. The van der Waals surface area contributed by atoms with Crippen LogP contribution in [-0.2, 0) is 11.8 Å². The fraction of sp³-hybridized carbons (Fsp3) is 0.333. The lowest BCUT2D eigenvalue weighted by Crippen LogP contribution is -2.12. The van der Waals surface area contributed by atoms with Gasteiger partial charge in [-0.3, -0.25) is 0 Å². The molecule has 0 bridgehead atoms. The van der Waals surface area contributed by atoms with Gasteiger partial charge in [0.05, 0.1) is 0 Å². The Morgan fingerprint density at radius 3 is 2.63 bits per heavy atom. The van der Waals surface area contributed by atoms with Crippen molar-refractivity contribution >= 4 is 10.9 Å². The molecule has 0 spiro atoms. The molecule has 0 fully saturated rings. The third kappa shape index (κ3) is 2.98. The number of rotatable bonds is 4. The second kappa shape index (κ2) is 5.08. The van der Waals surface area contributed by atoms with Crippen LogP contribution in [0.3, 0.4) is 0 Å². The molecule has 1 heterocycles. The van der Waals surface area contributed by atoms with E-state index in [9.17, 15) is 0 Å². The first-order valence-corrected chi connectivity index (χ1v) is 6.81. The molecule has 2 aromatic rings. The normalized spacial score (nSPS) is 11.6. The van der Waals surface area contributed by atoms with Crippen molar-refractivity contribution in [2.24, 2.45) is 0 Å². The van der Waals surface area contributed by atoms with E-state index in [4.69, 9.17) is 0 Å². The van der Waals surface area contributed by atoms with E-state index in [2.05, 4.69) is 69.6 Å². The molecule has 0 aliphatic carbocycles. The van der Waals surface area contributed by atoms with Crippen LogP contribution in [0.15, 0.2) is 48.6 Å². The van der Waals surface area contributed by atoms with Crippen LogP contribution in [0.5, 0.6) is 0 Å². The molecule has 0 amide bonds. The van der Waals surface area contributed by atoms with Crippen molar-refractivity contribution < 1.29 is 0 Å². The molecule has 1 heteroatoms. The Bertz CT molecular complexity index is 622. The molecule has 100 valence electrons. The summed E-state index contributed by atoms with van der Waals surface area (Å²) in [5, 5.41) is 1.28. The average Bonchev–Trinajstić information content (AvgIpc) is 2.80. The molecule has 1 nitrogen and oxygen atoms in total. The number of H-pyrrole nitrogens is 1. The van der Waals surface area contributed by atoms with Gasteiger partial charge < -0.3 is 4.98 Å². The van der Waals surface area contributed by atoms with E-state index in [1.165, 1.54) is 27.7 Å². The minimum Gasteiger partial charge on any atom is -0.358 e. The zero-order valence-corrected chi connectivity index (χ0v) is 12.4. The summed E-state index contributed by atoms with van der Waals surface area (Å²) < 4.78 is 0. The molecule has 0 aliphatic heterocycles. The van der Waals surface area contributed by atoms with Crippen LogP contribution >= 0.6 is 0 Å². The van der Waals surface area contributed by atoms with E-state index in [0.29, 0.717) is 0 Å². The van der Waals surface area contributed by atoms with Gasteiger partial charge in [-0.15, -0.1) is 6.58 Å². The van der Waals surface area contributed by atoms with Gasteiger partial charge in [-0.25, -0.2) is 0 Å². The van der Waals surface area contributed by atoms with Gasteiger partial charge in [0.1, 0.15) is 0 Å². The summed E-state index contributed by atoms with van der Waals surface area (Å²) >= 11 is 0. The molecule has 1 N–H and O–H groups in total. The first-order valence-electron chi connectivity index (χ1n) is 6.81. The average molecular weight is 253 g/mol. The van der Waals surface area contributed by atoms with Gasteiger partial charge in [0.25, 0.3) is 0 Å². The van der Waals surface area contributed by atoms with Crippen molar-refractivity contribution in [3.63, 3.8) is 0 Å². The molecule has 0 unspecified atom stereocenters. The lowest BCUT2D eigenvalue weighted by Gasteiger charge is -2.17. The maximum Gasteiger partial charge on any atom is 0.0456 e. The fourth-order valence-electron chi connectivity index (χ4n) is 2.09. The van der Waals surface area contributed by atoms with Gasteiger partial charge >= 0.3 is 0 Å². The number of hydrogen-bond donors (Lipinski definition) is 1. The van der Waals surface area contributed by atoms with Gasteiger partial charge in [0.15, 0.2) is 0 Å². The summed E-state index contributed by atoms with van der Waals surface area (Å²) in [4.78, 5) is 3.49. The van der Waals surface area contributed by atoms with Gasteiger partial charge in [0.2, 0.25) is 0 Å². The summed E-state index contributed by atoms with van der Waals surface area (Å²) in [6.45, 7) is 12.5. The SMILES string of the molecule is C=CC(C)(C)c1cc2cc(CC=C(C)C)ccc2[nH]1. The van der Waals surface area contributed by atoms with Crippen molar-refractivity contribution in [1.29, 1.82) is 0 Å². The summed E-state index contributed by atoms with van der Waals surface area (Å²) in [5.41, 5.74) is 5.13. The number of aromatic nitrogens is 1. The Labute approximate surface area is 116 Å². The van der Waals surface area contributed by atoms with E-state index in [0.717, 1.165) is 6.42 Å². The van der Waals surface area contributed by atoms with E-state index in [1.54, 1.807) is 0 Å². The highest BCUT2D eigenvalue weighted by Crippen LogP contribution is 2.27. The molecule has 0 aliphatic rings. The lowest BCUT2D eigenvalue weighted by molar-refractivity contribution is 0.652. The Hall–Kier alpha value is -1.76. The minimum absolute atomic E-state index is 0.0148. The van der Waals surface area contributed by atoms with Gasteiger partial charge in [-0.1, -0.05) is 37.6 Å². The van der Waals surface area contributed by atoms with Crippen molar-refractivity contribution in [1.82, 2.24) is 4.98 Å². The van der Waals surface area contributed by atoms with Crippen molar-refractivity contribution in [3.8, 4) is 0 Å². The van der Waals surface area contributed by atoms with Gasteiger partial charge in [0, 0.05) is 16.6 Å². The zero-order valence-electron chi connectivity index (χ0n) is 12.4. The molecule has 19 heavy (non-hydrogen) atoms. The first kappa shape index (κ1) is 13.7. The monoisotopic (exact) mass is 253 g/mol. The summed E-state index contributed by atoms with van der Waals surface area (Å²) in [6.07, 6.45) is 5.26. The second-order valence-corrected chi connectivity index (χ2v) is 6.02. The first-order chi connectivity index (χ1) is 8.92. The highest BCUT2D eigenvalue weighted by Gasteiger charge is 2.18. The number of hydrogen-bond acceptors (Lipinski definition) is 0. The Kier molecular flexibility index (Phi) is 3.66. The predicted octanol–water partition coefficient (Wildman–Crippen LogP) is 5.14. The molecular formula is C18H23N. The number of aromatic amines is 1. The third-order valence-corrected chi connectivity index (χ3v) is 3.64. The van der Waals surface area contributed by atoms with E-state index in [1.807, 2.05) is 6.08 Å². The topological polar surface area (TPSA) is 15.8 Å². The number of nitrogens with one attached hydrogen (secondary N) is 1. The van der Waals surface area contributed by atoms with Crippen molar-refractivity contribution in [3.05, 3.63) is 59.8 Å². The molecule has 1 aromatic heterocycles. The van der Waals surface area contributed by atoms with Crippen LogP contribution in [0.2, 0.25) is 0 Å². The summed E-state index contributed by atoms with van der Waals surface area (Å²) in [6, 6.07) is 8.88. The number of benzene rings is 1. The molecule has 1 aromatic carbocycles. The van der Waals surface area contributed by atoms with Crippen LogP contribution in [0.25, 0.3) is 10.9 Å². The van der Waals surface area contributed by atoms with Crippen LogP contribution in [0.4, 0.5) is 0 Å². The maximum absolute atomic E-state index is 3.92. The highest BCUT2D eigenvalue weighted by atomic mass is 14.7. The minimum atomic E-state index is -0.0148. The molecule has 0 saturated heterocycles. The Morgan fingerprint density at radius 2 is 2.00 bits per heavy atom. The second-order valence-electron chi connectivity index (χ2n) is 6.02. The van der Waals surface area contributed by atoms with Crippen LogP contribution < -0.4 is 0 Å². The largest absolute Gasteiger partial charge is 0.358 e. The smallest absolute Gasteiger partial charge is 0.0456 e. The van der Waals surface area contributed by atoms with E-state index < -0.39 is 0 Å². The molecule has 0 saturated carbocycles. The van der Waals surface area contributed by atoms with Gasteiger partial charge in [-0.05, 0) is 49.4 Å². The predicted molar refractivity (Wildman–Crippen MR) is 84.7 cm³/mol. The van der Waals surface area contributed by atoms with E-state index >= 15 is 0 Å². The van der Waals surface area contributed by atoms with Crippen LogP contribution in [0.1, 0.15) is 39.0 Å². The molecule has 0 radical (unpaired) electrons. The van der Waals surface area contributed by atoms with Crippen molar-refractivity contribution in [2.75, 3.05) is 0 Å². The number of fused-ring (bicyclic) bond motifs is 1. The van der Waals surface area contributed by atoms with Crippen LogP contribution in [0, 0.1) is 0 Å². The molecule has 0 atom stereocenters. The highest BCUT2D eigenvalue weighted by molar-refractivity contribution is 5.81. The van der Waals surface area contributed by atoms with Gasteiger partial charge in [-0.2, -0.15) is 0 Å². The standard InChI is InChI=1S/C18H23N/c1-6-18(4,5)17-12-15-11-14(8-7-13(2)3)9-10-16(15)19-17/h6-7,9-12,19H,1,8H2,2-5H3. The zero-order chi connectivity index (χ0) is 14.0. The fourth-order valence-corrected chi connectivity index (χ4v) is 2.09. The van der Waals surface area contributed by atoms with Crippen LogP contribution in [-0.4, -0.2) is 4.98 Å². The summed E-state index contributed by atoms with van der Waals surface area (Å²) in [5.74, 6) is 0. The quantitative estimate of drug-likeness (QED) is 0.726. The van der Waals surface area contributed by atoms with Crippen molar-refractivity contribution in [2.45, 2.75) is 39.5 Å². The third-order valence-electron chi connectivity index (χ3n) is 3.64.